The lowest BCUT2D eigenvalue weighted by molar-refractivity contribution is -0.143. The predicted molar refractivity (Wildman–Crippen MR) is 140 cm³/mol. The summed E-state index contributed by atoms with van der Waals surface area (Å²) in [6.07, 6.45) is 1.03. The Bertz CT molecular complexity index is 1340. The van der Waals surface area contributed by atoms with E-state index in [-0.39, 0.29) is 18.9 Å². The summed E-state index contributed by atoms with van der Waals surface area (Å²) in [7, 11) is 1.23. The molecule has 0 saturated heterocycles. The second kappa shape index (κ2) is 11.9. The van der Waals surface area contributed by atoms with Gasteiger partial charge in [-0.3, -0.25) is 4.79 Å². The van der Waals surface area contributed by atoms with Gasteiger partial charge in [0.2, 0.25) is 5.91 Å². The molecular formula is C29H26N2O7. The summed E-state index contributed by atoms with van der Waals surface area (Å²) in [5.41, 5.74) is 5.52. The van der Waals surface area contributed by atoms with Gasteiger partial charge in [0.05, 0.1) is 7.11 Å². The minimum Gasteiger partial charge on any atom is -0.478 e. The Labute approximate surface area is 219 Å². The van der Waals surface area contributed by atoms with Crippen LogP contribution in [0.1, 0.15) is 22.6 Å². The Balaban J connectivity index is 1.37. The maximum Gasteiger partial charge on any atom is 0.407 e. The fraction of sp³-hybridized carbons (Fsp3) is 0.172. The lowest BCUT2D eigenvalue weighted by Crippen LogP contribution is -2.43. The van der Waals surface area contributed by atoms with Crippen LogP contribution >= 0.6 is 0 Å². The number of carboxylic acids is 1. The summed E-state index contributed by atoms with van der Waals surface area (Å²) in [5, 5.41) is 13.7. The number of alkyl carbamates (subject to hydrolysis) is 1. The summed E-state index contributed by atoms with van der Waals surface area (Å²) in [6, 6.07) is 21.5. The Morgan fingerprint density at radius 3 is 2.08 bits per heavy atom. The molecule has 9 heteroatoms. The Kier molecular flexibility index (Phi) is 8.17. The molecule has 1 atom stereocenters. The van der Waals surface area contributed by atoms with E-state index in [1.54, 1.807) is 24.3 Å². The number of fused-ring (bicyclic) bond motifs is 3. The van der Waals surface area contributed by atoms with Gasteiger partial charge in [-0.25, -0.2) is 14.4 Å². The monoisotopic (exact) mass is 514 g/mol. The van der Waals surface area contributed by atoms with E-state index >= 15 is 0 Å². The number of carbonyl (C=O) groups excluding carboxylic acids is 3. The molecule has 3 N–H and O–H groups in total. The Hall–Kier alpha value is -4.92. The summed E-state index contributed by atoms with van der Waals surface area (Å²) in [4.78, 5) is 47.3. The molecule has 3 aromatic rings. The average Bonchev–Trinajstić information content (AvgIpc) is 3.24. The van der Waals surface area contributed by atoms with Gasteiger partial charge in [-0.05, 0) is 39.9 Å². The van der Waals surface area contributed by atoms with Crippen molar-refractivity contribution in [3.05, 3.63) is 102 Å². The van der Waals surface area contributed by atoms with Crippen LogP contribution in [-0.4, -0.2) is 48.8 Å². The van der Waals surface area contributed by atoms with Gasteiger partial charge in [-0.15, -0.1) is 0 Å². The number of carboxylic acid groups (broad SMARTS) is 1. The normalized spacial score (nSPS) is 12.8. The third kappa shape index (κ3) is 6.25. The van der Waals surface area contributed by atoms with E-state index in [1.165, 1.54) is 7.11 Å². The van der Waals surface area contributed by atoms with Crippen LogP contribution < -0.4 is 10.6 Å². The maximum atomic E-state index is 12.7. The highest BCUT2D eigenvalue weighted by Gasteiger charge is 2.30. The van der Waals surface area contributed by atoms with Gasteiger partial charge >= 0.3 is 18.0 Å². The summed E-state index contributed by atoms with van der Waals surface area (Å²) < 4.78 is 10.4. The van der Waals surface area contributed by atoms with Crippen LogP contribution in [0.5, 0.6) is 0 Å². The van der Waals surface area contributed by atoms with E-state index in [0.29, 0.717) is 11.3 Å². The number of methoxy groups -OCH3 is 1. The standard InChI is InChI=1S/C29H26N2O7/c1-37-28(35)25(16-18-10-12-19(13-11-18)30-26(32)14-15-27(33)34)31-29(36)38-17-24-22-8-4-2-6-20(22)21-7-3-5-9-23(21)24/h2-15,24-25H,16-17H2,1H3,(H,30,32)(H,31,36)(H,33,34)/b15-14-. The van der Waals surface area contributed by atoms with Crippen LogP contribution in [0.25, 0.3) is 11.1 Å². The van der Waals surface area contributed by atoms with Crippen LogP contribution in [0.4, 0.5) is 10.5 Å². The van der Waals surface area contributed by atoms with Crippen molar-refractivity contribution in [3.8, 4) is 11.1 Å². The first-order valence-electron chi connectivity index (χ1n) is 11.9. The smallest absolute Gasteiger partial charge is 0.407 e. The molecule has 1 aliphatic rings. The second-order valence-electron chi connectivity index (χ2n) is 8.61. The Morgan fingerprint density at radius 2 is 1.50 bits per heavy atom. The van der Waals surface area contributed by atoms with Crippen LogP contribution in [0.15, 0.2) is 84.9 Å². The van der Waals surface area contributed by atoms with Crippen molar-refractivity contribution < 1.29 is 33.8 Å². The molecule has 2 amide bonds. The molecule has 194 valence electrons. The molecule has 0 aliphatic heterocycles. The molecule has 3 aromatic carbocycles. The third-order valence-electron chi connectivity index (χ3n) is 6.16. The van der Waals surface area contributed by atoms with Crippen molar-refractivity contribution in [2.75, 3.05) is 19.0 Å². The topological polar surface area (TPSA) is 131 Å². The molecular weight excluding hydrogens is 488 g/mol. The number of aliphatic carboxylic acids is 1. The zero-order valence-electron chi connectivity index (χ0n) is 20.5. The quantitative estimate of drug-likeness (QED) is 0.292. The summed E-state index contributed by atoms with van der Waals surface area (Å²) in [6.45, 7) is 0.110. The van der Waals surface area contributed by atoms with Crippen LogP contribution in [0.3, 0.4) is 0 Å². The van der Waals surface area contributed by atoms with Gasteiger partial charge in [-0.2, -0.15) is 0 Å². The maximum absolute atomic E-state index is 12.7. The first-order chi connectivity index (χ1) is 18.4. The van der Waals surface area contributed by atoms with Gasteiger partial charge in [0.25, 0.3) is 0 Å². The molecule has 1 aliphatic carbocycles. The number of benzene rings is 3. The van der Waals surface area contributed by atoms with Gasteiger partial charge in [0.15, 0.2) is 0 Å². The predicted octanol–water partition coefficient (Wildman–Crippen LogP) is 3.89. The van der Waals surface area contributed by atoms with Gasteiger partial charge < -0.3 is 25.2 Å². The molecule has 9 nitrogen and oxygen atoms in total. The fourth-order valence-electron chi connectivity index (χ4n) is 4.41. The van der Waals surface area contributed by atoms with E-state index in [0.717, 1.165) is 34.4 Å². The van der Waals surface area contributed by atoms with Crippen molar-refractivity contribution in [2.45, 2.75) is 18.4 Å². The summed E-state index contributed by atoms with van der Waals surface area (Å²) >= 11 is 0. The average molecular weight is 515 g/mol. The molecule has 1 unspecified atom stereocenters. The number of anilines is 1. The SMILES string of the molecule is COC(=O)C(Cc1ccc(NC(=O)/C=C\C(=O)O)cc1)NC(=O)OCC1c2ccccc2-c2ccccc21. The number of amides is 2. The lowest BCUT2D eigenvalue weighted by atomic mass is 9.98. The van der Waals surface area contributed by atoms with Crippen molar-refractivity contribution in [3.63, 3.8) is 0 Å². The zero-order chi connectivity index (χ0) is 27.1. The van der Waals surface area contributed by atoms with E-state index in [9.17, 15) is 19.2 Å². The molecule has 38 heavy (non-hydrogen) atoms. The molecule has 0 fully saturated rings. The van der Waals surface area contributed by atoms with Crippen molar-refractivity contribution >= 4 is 29.6 Å². The summed E-state index contributed by atoms with van der Waals surface area (Å²) in [5.74, 6) is -2.56. The number of nitrogens with one attached hydrogen (secondary N) is 2. The fourth-order valence-corrected chi connectivity index (χ4v) is 4.41. The molecule has 0 radical (unpaired) electrons. The number of carbonyl (C=O) groups is 4. The molecule has 0 heterocycles. The largest absolute Gasteiger partial charge is 0.478 e. The second-order valence-corrected chi connectivity index (χ2v) is 8.61. The molecule has 0 spiro atoms. The van der Waals surface area contributed by atoms with Crippen LogP contribution in [-0.2, 0) is 30.3 Å². The molecule has 0 saturated carbocycles. The van der Waals surface area contributed by atoms with E-state index in [2.05, 4.69) is 10.6 Å². The minimum absolute atomic E-state index is 0.110. The molecule has 0 aromatic heterocycles. The number of rotatable bonds is 9. The van der Waals surface area contributed by atoms with E-state index in [4.69, 9.17) is 14.6 Å². The van der Waals surface area contributed by atoms with Crippen LogP contribution in [0.2, 0.25) is 0 Å². The van der Waals surface area contributed by atoms with E-state index < -0.39 is 30.0 Å². The number of ether oxygens (including phenoxy) is 2. The zero-order valence-corrected chi connectivity index (χ0v) is 20.5. The highest BCUT2D eigenvalue weighted by molar-refractivity contribution is 6.02. The number of esters is 1. The van der Waals surface area contributed by atoms with E-state index in [1.807, 2.05) is 48.5 Å². The van der Waals surface area contributed by atoms with Gasteiger partial charge in [0, 0.05) is 30.2 Å². The third-order valence-corrected chi connectivity index (χ3v) is 6.16. The van der Waals surface area contributed by atoms with Crippen molar-refractivity contribution in [1.29, 1.82) is 0 Å². The number of hydrogen-bond donors (Lipinski definition) is 3. The van der Waals surface area contributed by atoms with Crippen molar-refractivity contribution in [2.24, 2.45) is 0 Å². The first kappa shape index (κ1) is 26.2. The minimum atomic E-state index is -1.23. The Morgan fingerprint density at radius 1 is 0.895 bits per heavy atom. The lowest BCUT2D eigenvalue weighted by Gasteiger charge is -2.19. The molecule has 0 bridgehead atoms. The highest BCUT2D eigenvalue weighted by atomic mass is 16.6. The van der Waals surface area contributed by atoms with Crippen LogP contribution in [0, 0.1) is 0 Å². The number of hydrogen-bond acceptors (Lipinski definition) is 6. The first-order valence-corrected chi connectivity index (χ1v) is 11.9. The van der Waals surface area contributed by atoms with Gasteiger partial charge in [0.1, 0.15) is 12.6 Å². The highest BCUT2D eigenvalue weighted by Crippen LogP contribution is 2.44. The molecule has 4 rings (SSSR count). The van der Waals surface area contributed by atoms with Gasteiger partial charge in [-0.1, -0.05) is 60.7 Å². The van der Waals surface area contributed by atoms with Crippen molar-refractivity contribution in [1.82, 2.24) is 5.32 Å².